The van der Waals surface area contributed by atoms with E-state index in [1.54, 1.807) is 0 Å². The van der Waals surface area contributed by atoms with Crippen molar-refractivity contribution in [2.45, 2.75) is 19.8 Å². The third kappa shape index (κ3) is 4.02. The predicted octanol–water partition coefficient (Wildman–Crippen LogP) is 1.05. The summed E-state index contributed by atoms with van der Waals surface area (Å²) < 4.78 is 5.35. The van der Waals surface area contributed by atoms with E-state index in [0.29, 0.717) is 19.0 Å². The number of aromatic nitrogens is 2. The lowest BCUT2D eigenvalue weighted by Crippen LogP contribution is -2.20. The lowest BCUT2D eigenvalue weighted by atomic mass is 10.3. The van der Waals surface area contributed by atoms with Gasteiger partial charge in [0, 0.05) is 26.2 Å². The molecule has 0 aromatic carbocycles. The zero-order chi connectivity index (χ0) is 11.8. The van der Waals surface area contributed by atoms with Crippen molar-refractivity contribution in [1.29, 1.82) is 0 Å². The number of anilines is 1. The van der Waals surface area contributed by atoms with E-state index in [4.69, 9.17) is 10.5 Å². The van der Waals surface area contributed by atoms with E-state index in [2.05, 4.69) is 21.8 Å². The molecule has 0 aliphatic rings. The van der Waals surface area contributed by atoms with Gasteiger partial charge in [0.1, 0.15) is 18.8 Å². The Morgan fingerprint density at radius 2 is 2.25 bits per heavy atom. The monoisotopic (exact) mass is 224 g/mol. The molecule has 0 unspecified atom stereocenters. The van der Waals surface area contributed by atoms with Crippen molar-refractivity contribution in [2.24, 2.45) is 5.73 Å². The highest BCUT2D eigenvalue weighted by atomic mass is 16.5. The molecule has 0 aliphatic carbocycles. The lowest BCUT2D eigenvalue weighted by Gasteiger charge is -2.17. The largest absolute Gasteiger partial charge is 0.476 e. The van der Waals surface area contributed by atoms with Crippen LogP contribution in [0.15, 0.2) is 12.4 Å². The second kappa shape index (κ2) is 7.00. The Bertz CT molecular complexity index is 306. The van der Waals surface area contributed by atoms with Crippen molar-refractivity contribution in [1.82, 2.24) is 9.97 Å². The normalized spacial score (nSPS) is 10.2. The van der Waals surface area contributed by atoms with E-state index in [1.165, 1.54) is 12.7 Å². The number of nitrogens with zero attached hydrogens (tertiary/aromatic N) is 3. The van der Waals surface area contributed by atoms with Crippen LogP contribution >= 0.6 is 0 Å². The summed E-state index contributed by atoms with van der Waals surface area (Å²) in [6.45, 7) is 4.13. The molecule has 0 spiro atoms. The molecule has 0 bridgehead atoms. The van der Waals surface area contributed by atoms with Gasteiger partial charge in [0.25, 0.3) is 0 Å². The van der Waals surface area contributed by atoms with Crippen molar-refractivity contribution in [3.8, 4) is 5.88 Å². The summed E-state index contributed by atoms with van der Waals surface area (Å²) in [7, 11) is 2.02. The van der Waals surface area contributed by atoms with Crippen LogP contribution in [0.3, 0.4) is 0 Å². The van der Waals surface area contributed by atoms with E-state index in [1.807, 2.05) is 13.1 Å². The number of nitrogens with two attached hydrogens (primary N) is 1. The van der Waals surface area contributed by atoms with Gasteiger partial charge in [-0.15, -0.1) is 0 Å². The van der Waals surface area contributed by atoms with Crippen molar-refractivity contribution < 1.29 is 4.74 Å². The molecule has 0 radical (unpaired) electrons. The molecule has 1 rings (SSSR count). The Morgan fingerprint density at radius 3 is 2.94 bits per heavy atom. The molecule has 16 heavy (non-hydrogen) atoms. The van der Waals surface area contributed by atoms with Crippen LogP contribution in [0.5, 0.6) is 5.88 Å². The molecule has 0 fully saturated rings. The summed E-state index contributed by atoms with van der Waals surface area (Å²) >= 11 is 0. The smallest absolute Gasteiger partial charge is 0.218 e. The first-order chi connectivity index (χ1) is 7.77. The fourth-order valence-electron chi connectivity index (χ4n) is 1.29. The topological polar surface area (TPSA) is 64.3 Å². The minimum absolute atomic E-state index is 0.481. The molecule has 5 nitrogen and oxygen atoms in total. The Hall–Kier alpha value is -1.36. The quantitative estimate of drug-likeness (QED) is 0.750. The summed E-state index contributed by atoms with van der Waals surface area (Å²) in [5.74, 6) is 1.47. The number of rotatable bonds is 7. The second-order valence-electron chi connectivity index (χ2n) is 3.63. The van der Waals surface area contributed by atoms with Crippen LogP contribution in [0.4, 0.5) is 5.82 Å². The molecule has 0 saturated heterocycles. The molecular weight excluding hydrogens is 204 g/mol. The van der Waals surface area contributed by atoms with Gasteiger partial charge in [0.15, 0.2) is 0 Å². The van der Waals surface area contributed by atoms with E-state index >= 15 is 0 Å². The lowest BCUT2D eigenvalue weighted by molar-refractivity contribution is 0.315. The summed E-state index contributed by atoms with van der Waals surface area (Å²) in [6.07, 6.45) is 3.84. The minimum Gasteiger partial charge on any atom is -0.476 e. The maximum atomic E-state index is 5.36. The molecular formula is C11H20N4O. The number of ether oxygens (including phenoxy) is 1. The van der Waals surface area contributed by atoms with E-state index in [-0.39, 0.29) is 0 Å². The first-order valence-corrected chi connectivity index (χ1v) is 5.64. The maximum Gasteiger partial charge on any atom is 0.218 e. The summed E-state index contributed by atoms with van der Waals surface area (Å²) in [5, 5.41) is 0. The molecule has 0 aliphatic heterocycles. The molecule has 5 heteroatoms. The average Bonchev–Trinajstić information content (AvgIpc) is 2.33. The predicted molar refractivity (Wildman–Crippen MR) is 64.8 cm³/mol. The Balaban J connectivity index is 2.58. The highest BCUT2D eigenvalue weighted by Gasteiger charge is 2.04. The first-order valence-electron chi connectivity index (χ1n) is 5.64. The minimum atomic E-state index is 0.481. The summed E-state index contributed by atoms with van der Waals surface area (Å²) in [6, 6.07) is 1.84. The van der Waals surface area contributed by atoms with Gasteiger partial charge in [-0.05, 0) is 6.42 Å². The fraction of sp³-hybridized carbons (Fsp3) is 0.636. The Kier molecular flexibility index (Phi) is 5.56. The Labute approximate surface area is 96.6 Å². The van der Waals surface area contributed by atoms with Gasteiger partial charge in [0.2, 0.25) is 5.88 Å². The van der Waals surface area contributed by atoms with Crippen LogP contribution in [-0.4, -0.2) is 36.7 Å². The Morgan fingerprint density at radius 1 is 1.44 bits per heavy atom. The molecule has 0 atom stereocenters. The maximum absolute atomic E-state index is 5.36. The van der Waals surface area contributed by atoms with Gasteiger partial charge < -0.3 is 15.4 Å². The van der Waals surface area contributed by atoms with Crippen LogP contribution in [0.1, 0.15) is 19.8 Å². The number of unbranched alkanes of at least 4 members (excludes halogenated alkanes) is 1. The van der Waals surface area contributed by atoms with Gasteiger partial charge in [-0.25, -0.2) is 9.97 Å². The SMILES string of the molecule is CCCCN(C)c1cc(OCCN)ncn1. The third-order valence-corrected chi connectivity index (χ3v) is 2.23. The molecule has 0 amide bonds. The van der Waals surface area contributed by atoms with Crippen LogP contribution in [0.25, 0.3) is 0 Å². The van der Waals surface area contributed by atoms with Gasteiger partial charge in [0.05, 0.1) is 0 Å². The zero-order valence-electron chi connectivity index (χ0n) is 10.0. The number of hydrogen-bond acceptors (Lipinski definition) is 5. The van der Waals surface area contributed by atoms with Crippen LogP contribution < -0.4 is 15.4 Å². The molecule has 2 N–H and O–H groups in total. The van der Waals surface area contributed by atoms with Crippen LogP contribution in [0.2, 0.25) is 0 Å². The van der Waals surface area contributed by atoms with E-state index in [0.717, 1.165) is 18.8 Å². The first kappa shape index (κ1) is 12.7. The molecule has 1 aromatic heterocycles. The van der Waals surface area contributed by atoms with Crippen LogP contribution in [0, 0.1) is 0 Å². The van der Waals surface area contributed by atoms with Crippen LogP contribution in [-0.2, 0) is 0 Å². The molecule has 1 heterocycles. The summed E-state index contributed by atoms with van der Waals surface area (Å²) in [4.78, 5) is 10.3. The second-order valence-corrected chi connectivity index (χ2v) is 3.63. The highest BCUT2D eigenvalue weighted by Crippen LogP contribution is 2.14. The van der Waals surface area contributed by atoms with Crippen molar-refractivity contribution in [3.05, 3.63) is 12.4 Å². The van der Waals surface area contributed by atoms with Crippen molar-refractivity contribution in [3.63, 3.8) is 0 Å². The van der Waals surface area contributed by atoms with Crippen molar-refractivity contribution in [2.75, 3.05) is 31.6 Å². The molecule has 0 saturated carbocycles. The number of hydrogen-bond donors (Lipinski definition) is 1. The van der Waals surface area contributed by atoms with E-state index < -0.39 is 0 Å². The van der Waals surface area contributed by atoms with E-state index in [9.17, 15) is 0 Å². The average molecular weight is 224 g/mol. The van der Waals surface area contributed by atoms with Gasteiger partial charge >= 0.3 is 0 Å². The van der Waals surface area contributed by atoms with Gasteiger partial charge in [-0.1, -0.05) is 13.3 Å². The zero-order valence-corrected chi connectivity index (χ0v) is 10.0. The third-order valence-electron chi connectivity index (χ3n) is 2.23. The molecule has 90 valence electrons. The molecule has 1 aromatic rings. The van der Waals surface area contributed by atoms with Crippen molar-refractivity contribution >= 4 is 5.82 Å². The highest BCUT2D eigenvalue weighted by molar-refractivity contribution is 5.39. The summed E-state index contributed by atoms with van der Waals surface area (Å²) in [5.41, 5.74) is 5.36. The fourth-order valence-corrected chi connectivity index (χ4v) is 1.29. The standard InChI is InChI=1S/C11H20N4O/c1-3-4-6-15(2)10-8-11(14-9-13-10)16-7-5-12/h8-9H,3-7,12H2,1-2H3. The van der Waals surface area contributed by atoms with Gasteiger partial charge in [-0.2, -0.15) is 0 Å². The van der Waals surface area contributed by atoms with Gasteiger partial charge in [-0.3, -0.25) is 0 Å².